The van der Waals surface area contributed by atoms with Crippen LogP contribution in [-0.2, 0) is 5.75 Å². The second-order valence-electron chi connectivity index (χ2n) is 5.06. The van der Waals surface area contributed by atoms with E-state index in [1.807, 2.05) is 36.2 Å². The van der Waals surface area contributed by atoms with Crippen LogP contribution in [0.1, 0.15) is 38.0 Å². The summed E-state index contributed by atoms with van der Waals surface area (Å²) in [5.41, 5.74) is 1.10. The molecular formula is C16H19NOS. The molecule has 1 fully saturated rings. The van der Waals surface area contributed by atoms with Crippen LogP contribution in [0, 0.1) is 0 Å². The Morgan fingerprint density at radius 3 is 2.68 bits per heavy atom. The third-order valence-electron chi connectivity index (χ3n) is 3.61. The van der Waals surface area contributed by atoms with Crippen molar-refractivity contribution in [2.75, 3.05) is 0 Å². The summed E-state index contributed by atoms with van der Waals surface area (Å²) in [5, 5.41) is 0.806. The van der Waals surface area contributed by atoms with Gasteiger partial charge in [-0.05, 0) is 12.8 Å². The minimum absolute atomic E-state index is 0.806. The van der Waals surface area contributed by atoms with Crippen LogP contribution in [0.15, 0.2) is 40.9 Å². The molecule has 3 rings (SSSR count). The van der Waals surface area contributed by atoms with E-state index in [-0.39, 0.29) is 0 Å². The van der Waals surface area contributed by atoms with Gasteiger partial charge in [-0.25, -0.2) is 4.98 Å². The molecule has 0 unspecified atom stereocenters. The van der Waals surface area contributed by atoms with Crippen LogP contribution in [0.4, 0.5) is 0 Å². The highest BCUT2D eigenvalue weighted by molar-refractivity contribution is 7.99. The maximum Gasteiger partial charge on any atom is 0.204 e. The van der Waals surface area contributed by atoms with Crippen molar-refractivity contribution >= 4 is 11.8 Å². The molecule has 0 amide bonds. The first-order valence-corrected chi connectivity index (χ1v) is 8.08. The number of benzene rings is 1. The molecule has 2 aromatic rings. The number of thioether (sulfide) groups is 1. The summed E-state index contributed by atoms with van der Waals surface area (Å²) in [5.74, 6) is 2.63. The minimum Gasteiger partial charge on any atom is -0.440 e. The Balaban J connectivity index is 1.59. The fourth-order valence-electron chi connectivity index (χ4n) is 2.53. The first-order valence-electron chi connectivity index (χ1n) is 7.03. The minimum atomic E-state index is 0.806. The van der Waals surface area contributed by atoms with Crippen LogP contribution in [0.25, 0.3) is 11.3 Å². The third kappa shape index (κ3) is 3.41. The predicted octanol–water partition coefficient (Wildman–Crippen LogP) is 4.91. The number of oxazole rings is 1. The van der Waals surface area contributed by atoms with Gasteiger partial charge in [-0.2, -0.15) is 0 Å². The van der Waals surface area contributed by atoms with Crippen LogP contribution in [0.3, 0.4) is 0 Å². The van der Waals surface area contributed by atoms with E-state index in [4.69, 9.17) is 4.42 Å². The topological polar surface area (TPSA) is 26.0 Å². The number of nitrogens with zero attached hydrogens (tertiary/aromatic N) is 1. The highest BCUT2D eigenvalue weighted by Gasteiger charge is 2.15. The maximum absolute atomic E-state index is 5.83. The molecule has 1 aromatic heterocycles. The molecule has 0 aliphatic heterocycles. The fourth-order valence-corrected chi connectivity index (χ4v) is 3.71. The molecule has 2 nitrogen and oxygen atoms in total. The van der Waals surface area contributed by atoms with Gasteiger partial charge in [0.05, 0.1) is 11.9 Å². The molecule has 1 aliphatic carbocycles. The summed E-state index contributed by atoms with van der Waals surface area (Å²) in [4.78, 5) is 4.39. The molecule has 0 radical (unpaired) electrons. The van der Waals surface area contributed by atoms with E-state index in [0.29, 0.717) is 0 Å². The largest absolute Gasteiger partial charge is 0.440 e. The van der Waals surface area contributed by atoms with E-state index < -0.39 is 0 Å². The van der Waals surface area contributed by atoms with E-state index in [1.165, 1.54) is 32.1 Å². The highest BCUT2D eigenvalue weighted by Crippen LogP contribution is 2.31. The Kier molecular flexibility index (Phi) is 4.23. The monoisotopic (exact) mass is 273 g/mol. The van der Waals surface area contributed by atoms with E-state index >= 15 is 0 Å². The number of hydrogen-bond acceptors (Lipinski definition) is 3. The van der Waals surface area contributed by atoms with Crippen molar-refractivity contribution < 1.29 is 4.42 Å². The van der Waals surface area contributed by atoms with Crippen LogP contribution < -0.4 is 0 Å². The van der Waals surface area contributed by atoms with Crippen molar-refractivity contribution in [1.29, 1.82) is 0 Å². The van der Waals surface area contributed by atoms with Crippen molar-refractivity contribution in [2.24, 2.45) is 0 Å². The van der Waals surface area contributed by atoms with Crippen LogP contribution >= 0.6 is 11.8 Å². The van der Waals surface area contributed by atoms with Crippen molar-refractivity contribution in [3.63, 3.8) is 0 Å². The third-order valence-corrected chi connectivity index (χ3v) is 4.96. The van der Waals surface area contributed by atoms with Gasteiger partial charge in [0.25, 0.3) is 0 Å². The lowest BCUT2D eigenvalue weighted by atomic mass is 10.0. The van der Waals surface area contributed by atoms with Gasteiger partial charge in [-0.15, -0.1) is 11.8 Å². The second-order valence-corrected chi connectivity index (χ2v) is 6.34. The summed E-state index contributed by atoms with van der Waals surface area (Å²) in [6.07, 6.45) is 8.74. The second kappa shape index (κ2) is 6.29. The molecule has 0 spiro atoms. The van der Waals surface area contributed by atoms with Crippen LogP contribution in [-0.4, -0.2) is 10.2 Å². The summed E-state index contributed by atoms with van der Waals surface area (Å²) < 4.78 is 5.83. The maximum atomic E-state index is 5.83. The van der Waals surface area contributed by atoms with Gasteiger partial charge >= 0.3 is 0 Å². The number of rotatable bonds is 4. The van der Waals surface area contributed by atoms with E-state index in [2.05, 4.69) is 17.1 Å². The first-order chi connectivity index (χ1) is 9.42. The Hall–Kier alpha value is -1.22. The molecule has 19 heavy (non-hydrogen) atoms. The zero-order valence-corrected chi connectivity index (χ0v) is 11.9. The lowest BCUT2D eigenvalue weighted by Gasteiger charge is -2.20. The van der Waals surface area contributed by atoms with Gasteiger partial charge in [0.1, 0.15) is 0 Å². The highest BCUT2D eigenvalue weighted by atomic mass is 32.2. The average Bonchev–Trinajstić information content (AvgIpc) is 2.96. The van der Waals surface area contributed by atoms with E-state index in [1.54, 1.807) is 0 Å². The van der Waals surface area contributed by atoms with Gasteiger partial charge < -0.3 is 4.42 Å². The smallest absolute Gasteiger partial charge is 0.204 e. The molecule has 0 atom stereocenters. The summed E-state index contributed by atoms with van der Waals surface area (Å²) in [6, 6.07) is 10.2. The van der Waals surface area contributed by atoms with Crippen molar-refractivity contribution in [2.45, 2.75) is 43.1 Å². The molecular weight excluding hydrogens is 254 g/mol. The summed E-state index contributed by atoms with van der Waals surface area (Å²) >= 11 is 2.00. The quantitative estimate of drug-likeness (QED) is 0.791. The standard InChI is InChI=1S/C16H19NOS/c1-3-7-13(8-4-1)15-11-17-16(18-15)12-19-14-9-5-2-6-10-14/h1,3-4,7-8,11,14H,2,5-6,9-10,12H2. The Bertz CT molecular complexity index is 502. The van der Waals surface area contributed by atoms with E-state index in [0.717, 1.165) is 28.2 Å². The van der Waals surface area contributed by atoms with Gasteiger partial charge in [-0.1, -0.05) is 49.6 Å². The summed E-state index contributed by atoms with van der Waals surface area (Å²) in [7, 11) is 0. The predicted molar refractivity (Wildman–Crippen MR) is 80.1 cm³/mol. The molecule has 1 saturated carbocycles. The van der Waals surface area contributed by atoms with Gasteiger partial charge in [0.2, 0.25) is 5.89 Å². The SMILES string of the molecule is c1ccc(-c2cnc(CSC3CCCCC3)o2)cc1. The number of hydrogen-bond donors (Lipinski definition) is 0. The normalized spacial score (nSPS) is 16.6. The van der Waals surface area contributed by atoms with Crippen LogP contribution in [0.2, 0.25) is 0 Å². The molecule has 0 N–H and O–H groups in total. The molecule has 0 bridgehead atoms. The van der Waals surface area contributed by atoms with E-state index in [9.17, 15) is 0 Å². The molecule has 0 saturated heterocycles. The molecule has 1 aromatic carbocycles. The van der Waals surface area contributed by atoms with Gasteiger partial charge in [0.15, 0.2) is 5.76 Å². The van der Waals surface area contributed by atoms with Crippen LogP contribution in [0.5, 0.6) is 0 Å². The Morgan fingerprint density at radius 2 is 1.89 bits per heavy atom. The van der Waals surface area contributed by atoms with Gasteiger partial charge in [0, 0.05) is 10.8 Å². The first kappa shape index (κ1) is 12.8. The molecule has 3 heteroatoms. The van der Waals surface area contributed by atoms with Crippen molar-refractivity contribution in [1.82, 2.24) is 4.98 Å². The Labute approximate surface area is 118 Å². The molecule has 1 aliphatic rings. The Morgan fingerprint density at radius 1 is 1.11 bits per heavy atom. The van der Waals surface area contributed by atoms with Crippen molar-refractivity contribution in [3.8, 4) is 11.3 Å². The zero-order valence-electron chi connectivity index (χ0n) is 11.0. The zero-order chi connectivity index (χ0) is 12.9. The lowest BCUT2D eigenvalue weighted by molar-refractivity contribution is 0.510. The fraction of sp³-hybridized carbons (Fsp3) is 0.438. The molecule has 100 valence electrons. The number of aromatic nitrogens is 1. The summed E-state index contributed by atoms with van der Waals surface area (Å²) in [6.45, 7) is 0. The van der Waals surface area contributed by atoms with Crippen molar-refractivity contribution in [3.05, 3.63) is 42.4 Å². The lowest BCUT2D eigenvalue weighted by Crippen LogP contribution is -2.08. The van der Waals surface area contributed by atoms with Gasteiger partial charge in [-0.3, -0.25) is 0 Å². The average molecular weight is 273 g/mol. The molecule has 1 heterocycles.